The second-order valence-electron chi connectivity index (χ2n) is 5.41. The summed E-state index contributed by atoms with van der Waals surface area (Å²) in [6, 6.07) is 6.08. The SMILES string of the molecule is Cn1cc(C2(CN)CCOCC2)c2ccc(Cl)cc21. The van der Waals surface area contributed by atoms with Crippen molar-refractivity contribution >= 4 is 22.5 Å². The normalized spacial score (nSPS) is 18.9. The van der Waals surface area contributed by atoms with Gasteiger partial charge in [-0.3, -0.25) is 0 Å². The smallest absolute Gasteiger partial charge is 0.0495 e. The van der Waals surface area contributed by atoms with Crippen LogP contribution in [0.15, 0.2) is 24.4 Å². The summed E-state index contributed by atoms with van der Waals surface area (Å²) in [5.74, 6) is 0. The summed E-state index contributed by atoms with van der Waals surface area (Å²) in [7, 11) is 2.06. The van der Waals surface area contributed by atoms with Gasteiger partial charge in [0.1, 0.15) is 0 Å². The Morgan fingerprint density at radius 1 is 1.37 bits per heavy atom. The third-order valence-electron chi connectivity index (χ3n) is 4.36. The highest BCUT2D eigenvalue weighted by Gasteiger charge is 2.35. The summed E-state index contributed by atoms with van der Waals surface area (Å²) < 4.78 is 7.64. The van der Waals surface area contributed by atoms with Crippen molar-refractivity contribution in [2.45, 2.75) is 18.3 Å². The van der Waals surface area contributed by atoms with Crippen LogP contribution in [0.3, 0.4) is 0 Å². The number of ether oxygens (including phenoxy) is 1. The van der Waals surface area contributed by atoms with E-state index < -0.39 is 0 Å². The first-order valence-electron chi connectivity index (χ1n) is 6.69. The first kappa shape index (κ1) is 13.0. The first-order valence-corrected chi connectivity index (χ1v) is 7.07. The highest BCUT2D eigenvalue weighted by atomic mass is 35.5. The number of hydrogen-bond acceptors (Lipinski definition) is 2. The lowest BCUT2D eigenvalue weighted by molar-refractivity contribution is 0.0534. The van der Waals surface area contributed by atoms with Crippen LogP contribution in [0.25, 0.3) is 10.9 Å². The van der Waals surface area contributed by atoms with Crippen LogP contribution in [0, 0.1) is 0 Å². The largest absolute Gasteiger partial charge is 0.381 e. The molecule has 3 rings (SSSR count). The number of fused-ring (bicyclic) bond motifs is 1. The molecule has 0 spiro atoms. The lowest BCUT2D eigenvalue weighted by atomic mass is 9.74. The number of rotatable bonds is 2. The van der Waals surface area contributed by atoms with Crippen LogP contribution in [0.4, 0.5) is 0 Å². The molecule has 0 bridgehead atoms. The Hall–Kier alpha value is -1.03. The monoisotopic (exact) mass is 278 g/mol. The van der Waals surface area contributed by atoms with E-state index in [-0.39, 0.29) is 5.41 Å². The Morgan fingerprint density at radius 2 is 2.11 bits per heavy atom. The van der Waals surface area contributed by atoms with E-state index in [4.69, 9.17) is 22.1 Å². The molecule has 4 heteroatoms. The molecule has 0 amide bonds. The Bertz CT molecular complexity index is 599. The predicted octanol–water partition coefficient (Wildman–Crippen LogP) is 2.84. The molecule has 0 saturated carbocycles. The Labute approximate surface area is 118 Å². The van der Waals surface area contributed by atoms with Crippen LogP contribution in [-0.4, -0.2) is 24.3 Å². The van der Waals surface area contributed by atoms with Crippen LogP contribution in [0.1, 0.15) is 18.4 Å². The molecule has 0 radical (unpaired) electrons. The van der Waals surface area contributed by atoms with E-state index in [1.54, 1.807) is 0 Å². The third-order valence-corrected chi connectivity index (χ3v) is 4.60. The molecule has 102 valence electrons. The fourth-order valence-electron chi connectivity index (χ4n) is 3.13. The molecule has 3 nitrogen and oxygen atoms in total. The molecule has 1 aliphatic rings. The molecule has 2 heterocycles. The number of halogens is 1. The Kier molecular flexibility index (Phi) is 3.29. The summed E-state index contributed by atoms with van der Waals surface area (Å²) >= 11 is 6.10. The third kappa shape index (κ3) is 2.06. The van der Waals surface area contributed by atoms with Gasteiger partial charge >= 0.3 is 0 Å². The summed E-state index contributed by atoms with van der Waals surface area (Å²) in [5.41, 5.74) is 8.67. The van der Waals surface area contributed by atoms with Crippen molar-refractivity contribution in [3.63, 3.8) is 0 Å². The van der Waals surface area contributed by atoms with Gasteiger partial charge in [0.2, 0.25) is 0 Å². The predicted molar refractivity (Wildman–Crippen MR) is 78.7 cm³/mol. The van der Waals surface area contributed by atoms with Crippen molar-refractivity contribution in [1.82, 2.24) is 4.57 Å². The summed E-state index contributed by atoms with van der Waals surface area (Å²) in [6.45, 7) is 2.25. The molecule has 0 aliphatic carbocycles. The molecule has 1 aromatic carbocycles. The van der Waals surface area contributed by atoms with Gasteiger partial charge in [-0.2, -0.15) is 0 Å². The second kappa shape index (κ2) is 4.82. The number of nitrogens with two attached hydrogens (primary N) is 1. The number of benzene rings is 1. The molecule has 1 saturated heterocycles. The van der Waals surface area contributed by atoms with Crippen molar-refractivity contribution in [3.8, 4) is 0 Å². The average molecular weight is 279 g/mol. The maximum atomic E-state index is 6.11. The minimum atomic E-state index is 0.0472. The van der Waals surface area contributed by atoms with E-state index in [1.165, 1.54) is 16.5 Å². The van der Waals surface area contributed by atoms with E-state index in [1.807, 2.05) is 12.1 Å². The van der Waals surface area contributed by atoms with Crippen LogP contribution in [-0.2, 0) is 17.2 Å². The van der Waals surface area contributed by atoms with Crippen LogP contribution in [0.2, 0.25) is 5.02 Å². The number of aryl methyl sites for hydroxylation is 1. The van der Waals surface area contributed by atoms with Crippen LogP contribution in [0.5, 0.6) is 0 Å². The minimum Gasteiger partial charge on any atom is -0.381 e. The Morgan fingerprint density at radius 3 is 2.79 bits per heavy atom. The quantitative estimate of drug-likeness (QED) is 0.918. The Balaban J connectivity index is 2.18. The number of hydrogen-bond donors (Lipinski definition) is 1. The molecule has 1 fully saturated rings. The number of nitrogens with zero attached hydrogens (tertiary/aromatic N) is 1. The average Bonchev–Trinajstić information content (AvgIpc) is 2.77. The molecule has 1 aromatic heterocycles. The summed E-state index contributed by atoms with van der Waals surface area (Å²) in [6.07, 6.45) is 4.19. The molecule has 0 atom stereocenters. The second-order valence-corrected chi connectivity index (χ2v) is 5.85. The van der Waals surface area contributed by atoms with E-state index in [2.05, 4.69) is 23.9 Å². The van der Waals surface area contributed by atoms with Crippen molar-refractivity contribution in [3.05, 3.63) is 35.0 Å². The molecule has 0 unspecified atom stereocenters. The van der Waals surface area contributed by atoms with Crippen molar-refractivity contribution in [2.75, 3.05) is 19.8 Å². The fraction of sp³-hybridized carbons (Fsp3) is 0.467. The topological polar surface area (TPSA) is 40.2 Å². The van der Waals surface area contributed by atoms with E-state index in [0.29, 0.717) is 6.54 Å². The summed E-state index contributed by atoms with van der Waals surface area (Å²) in [4.78, 5) is 0. The maximum Gasteiger partial charge on any atom is 0.0495 e. The molecule has 2 N–H and O–H groups in total. The minimum absolute atomic E-state index is 0.0472. The van der Waals surface area contributed by atoms with Gasteiger partial charge in [0.15, 0.2) is 0 Å². The zero-order valence-corrected chi connectivity index (χ0v) is 11.9. The zero-order chi connectivity index (χ0) is 13.5. The molecule has 19 heavy (non-hydrogen) atoms. The van der Waals surface area contributed by atoms with E-state index in [0.717, 1.165) is 31.1 Å². The van der Waals surface area contributed by atoms with Gasteiger partial charge in [0.25, 0.3) is 0 Å². The van der Waals surface area contributed by atoms with E-state index in [9.17, 15) is 0 Å². The zero-order valence-electron chi connectivity index (χ0n) is 11.2. The standard InChI is InChI=1S/C15H19ClN2O/c1-18-9-13(12-3-2-11(16)8-14(12)18)15(10-17)4-6-19-7-5-15/h2-3,8-9H,4-7,10,17H2,1H3. The highest BCUT2D eigenvalue weighted by Crippen LogP contribution is 2.39. The van der Waals surface area contributed by atoms with Gasteiger partial charge in [-0.05, 0) is 30.5 Å². The van der Waals surface area contributed by atoms with E-state index >= 15 is 0 Å². The highest BCUT2D eigenvalue weighted by molar-refractivity contribution is 6.31. The van der Waals surface area contributed by atoms with Gasteiger partial charge < -0.3 is 15.0 Å². The van der Waals surface area contributed by atoms with Crippen LogP contribution >= 0.6 is 11.6 Å². The summed E-state index contributed by atoms with van der Waals surface area (Å²) in [5, 5.41) is 2.04. The first-order chi connectivity index (χ1) is 9.16. The van der Waals surface area contributed by atoms with Crippen molar-refractivity contribution in [2.24, 2.45) is 12.8 Å². The van der Waals surface area contributed by atoms with Gasteiger partial charge in [0, 0.05) is 54.3 Å². The molecular formula is C15H19ClN2O. The van der Waals surface area contributed by atoms with Gasteiger partial charge in [-0.1, -0.05) is 17.7 Å². The van der Waals surface area contributed by atoms with Crippen LogP contribution < -0.4 is 5.73 Å². The van der Waals surface area contributed by atoms with Crippen molar-refractivity contribution < 1.29 is 4.74 Å². The molecule has 1 aliphatic heterocycles. The lowest BCUT2D eigenvalue weighted by Gasteiger charge is -2.36. The lowest BCUT2D eigenvalue weighted by Crippen LogP contribution is -2.40. The van der Waals surface area contributed by atoms with Gasteiger partial charge in [-0.25, -0.2) is 0 Å². The molecular weight excluding hydrogens is 260 g/mol. The number of aromatic nitrogens is 1. The molecule has 2 aromatic rings. The fourth-order valence-corrected chi connectivity index (χ4v) is 3.29. The van der Waals surface area contributed by atoms with Gasteiger partial charge in [-0.15, -0.1) is 0 Å². The van der Waals surface area contributed by atoms with Gasteiger partial charge in [0.05, 0.1) is 0 Å². The maximum absolute atomic E-state index is 6.11. The van der Waals surface area contributed by atoms with Crippen molar-refractivity contribution in [1.29, 1.82) is 0 Å².